The van der Waals surface area contributed by atoms with Gasteiger partial charge in [-0.05, 0) is 42.2 Å². The number of carbonyl (C=O) groups is 2. The minimum absolute atomic E-state index is 0.165. The van der Waals surface area contributed by atoms with Crippen molar-refractivity contribution >= 4 is 17.8 Å². The second kappa shape index (κ2) is 11.0. The maximum absolute atomic E-state index is 13.1. The van der Waals surface area contributed by atoms with E-state index in [0.717, 1.165) is 28.0 Å². The Balaban J connectivity index is 1.91. The number of aliphatic imine (C=N–C) groups is 1. The first-order valence-corrected chi connectivity index (χ1v) is 10.7. The van der Waals surface area contributed by atoms with Gasteiger partial charge in [0, 0.05) is 12.5 Å². The van der Waals surface area contributed by atoms with Crippen LogP contribution in [0.25, 0.3) is 0 Å². The van der Waals surface area contributed by atoms with Crippen molar-refractivity contribution in [3.8, 4) is 0 Å². The van der Waals surface area contributed by atoms with E-state index in [4.69, 9.17) is 4.74 Å². The van der Waals surface area contributed by atoms with Gasteiger partial charge in [-0.15, -0.1) is 0 Å². The fraction of sp³-hybridized carbons (Fsp3) is 0.222. The summed E-state index contributed by atoms with van der Waals surface area (Å²) in [6.07, 6.45) is 0.487. The molecule has 0 N–H and O–H groups in total. The van der Waals surface area contributed by atoms with Crippen molar-refractivity contribution in [2.24, 2.45) is 4.99 Å². The first-order chi connectivity index (χ1) is 15.5. The molecule has 32 heavy (non-hydrogen) atoms. The van der Waals surface area contributed by atoms with E-state index in [2.05, 4.69) is 4.99 Å². The highest BCUT2D eigenvalue weighted by Gasteiger charge is 2.22. The predicted octanol–water partition coefficient (Wildman–Crippen LogP) is 5.94. The van der Waals surface area contributed by atoms with Crippen molar-refractivity contribution in [1.29, 1.82) is 0 Å². The smallest absolute Gasteiger partial charge is 0.353 e. The molecular formula is C27H28N2O3. The summed E-state index contributed by atoms with van der Waals surface area (Å²) in [7, 11) is 0. The maximum atomic E-state index is 13.1. The molecule has 0 aliphatic rings. The number of benzene rings is 3. The van der Waals surface area contributed by atoms with Crippen LogP contribution >= 0.6 is 0 Å². The molecule has 0 aromatic heterocycles. The normalized spacial score (nSPS) is 12.2. The van der Waals surface area contributed by atoms with Gasteiger partial charge in [-0.1, -0.05) is 79.7 Å². The van der Waals surface area contributed by atoms with Crippen LogP contribution in [0.2, 0.25) is 0 Å². The van der Waals surface area contributed by atoms with Crippen LogP contribution < -0.4 is 0 Å². The van der Waals surface area contributed by atoms with E-state index < -0.39 is 6.03 Å². The average Bonchev–Trinajstić information content (AvgIpc) is 2.83. The van der Waals surface area contributed by atoms with Crippen molar-refractivity contribution in [1.82, 2.24) is 4.90 Å². The second-order valence-corrected chi connectivity index (χ2v) is 7.46. The summed E-state index contributed by atoms with van der Waals surface area (Å²) in [4.78, 5) is 30.9. The summed E-state index contributed by atoms with van der Waals surface area (Å²) in [6, 6.07) is 26.1. The number of hydrogen-bond acceptors (Lipinski definition) is 3. The molecule has 0 radical (unpaired) electrons. The third kappa shape index (κ3) is 5.91. The molecule has 164 valence electrons. The highest BCUT2D eigenvalue weighted by atomic mass is 16.5. The molecule has 5 nitrogen and oxygen atoms in total. The Hall–Kier alpha value is -3.73. The molecule has 3 aromatic rings. The van der Waals surface area contributed by atoms with Crippen molar-refractivity contribution in [2.45, 2.75) is 39.8 Å². The van der Waals surface area contributed by atoms with E-state index in [0.29, 0.717) is 5.56 Å². The molecule has 3 rings (SSSR count). The van der Waals surface area contributed by atoms with Gasteiger partial charge in [0.15, 0.2) is 0 Å². The molecule has 0 saturated heterocycles. The Kier molecular flexibility index (Phi) is 7.92. The zero-order valence-corrected chi connectivity index (χ0v) is 18.7. The van der Waals surface area contributed by atoms with Crippen LogP contribution in [0.5, 0.6) is 0 Å². The Bertz CT molecular complexity index is 1080. The molecule has 0 aliphatic heterocycles. The van der Waals surface area contributed by atoms with Gasteiger partial charge in [0.05, 0.1) is 6.54 Å². The summed E-state index contributed by atoms with van der Waals surface area (Å²) >= 11 is 0. The van der Waals surface area contributed by atoms with E-state index in [1.807, 2.05) is 98.8 Å². The molecule has 0 aliphatic carbocycles. The molecule has 5 heteroatoms. The van der Waals surface area contributed by atoms with Crippen molar-refractivity contribution < 1.29 is 14.3 Å². The SMILES string of the molecule is CCc1ccccc1CN(C(C)=O)C(=O)N=C(O[C@H](C)c1ccccc1)c1ccccc1. The first kappa shape index (κ1) is 22.9. The summed E-state index contributed by atoms with van der Waals surface area (Å²) in [5, 5.41) is 0. The predicted molar refractivity (Wildman–Crippen MR) is 126 cm³/mol. The van der Waals surface area contributed by atoms with E-state index in [-0.39, 0.29) is 24.5 Å². The largest absolute Gasteiger partial charge is 0.469 e. The van der Waals surface area contributed by atoms with Crippen LogP contribution in [0.4, 0.5) is 4.79 Å². The average molecular weight is 429 g/mol. The molecule has 0 bridgehead atoms. The molecule has 0 fully saturated rings. The number of imide groups is 1. The summed E-state index contributed by atoms with van der Waals surface area (Å²) in [5.41, 5.74) is 3.64. The maximum Gasteiger partial charge on any atom is 0.353 e. The van der Waals surface area contributed by atoms with Gasteiger partial charge in [-0.25, -0.2) is 4.79 Å². The summed E-state index contributed by atoms with van der Waals surface area (Å²) in [5.74, 6) is -0.185. The van der Waals surface area contributed by atoms with Crippen LogP contribution in [0, 0.1) is 0 Å². The van der Waals surface area contributed by atoms with E-state index in [1.54, 1.807) is 0 Å². The molecule has 3 aromatic carbocycles. The molecular weight excluding hydrogens is 400 g/mol. The third-order valence-corrected chi connectivity index (χ3v) is 5.21. The number of amides is 3. The van der Waals surface area contributed by atoms with Crippen LogP contribution in [-0.2, 0) is 22.5 Å². The van der Waals surface area contributed by atoms with E-state index >= 15 is 0 Å². The van der Waals surface area contributed by atoms with Gasteiger partial charge in [-0.2, -0.15) is 4.99 Å². The van der Waals surface area contributed by atoms with Crippen molar-refractivity contribution in [3.63, 3.8) is 0 Å². The number of rotatable bonds is 6. The minimum atomic E-state index is -0.650. The standard InChI is InChI=1S/C27H28N2O3/c1-4-22-13-11-12-18-25(22)19-29(21(3)30)27(31)28-26(24-16-9-6-10-17-24)32-20(2)23-14-7-5-8-15-23/h5-18,20H,4,19H2,1-3H3/t20-/m1/s1. The number of aryl methyl sites for hydroxylation is 1. The fourth-order valence-electron chi connectivity index (χ4n) is 3.39. The first-order valence-electron chi connectivity index (χ1n) is 10.7. The molecule has 3 amide bonds. The number of ether oxygens (including phenoxy) is 1. The van der Waals surface area contributed by atoms with Crippen LogP contribution in [0.3, 0.4) is 0 Å². The highest BCUT2D eigenvalue weighted by Crippen LogP contribution is 2.20. The topological polar surface area (TPSA) is 59.0 Å². The lowest BCUT2D eigenvalue weighted by molar-refractivity contribution is -0.126. The van der Waals surface area contributed by atoms with Gasteiger partial charge in [0.25, 0.3) is 0 Å². The third-order valence-electron chi connectivity index (χ3n) is 5.21. The zero-order chi connectivity index (χ0) is 22.9. The number of carbonyl (C=O) groups excluding carboxylic acids is 2. The highest BCUT2D eigenvalue weighted by molar-refractivity contribution is 6.04. The van der Waals surface area contributed by atoms with Crippen molar-refractivity contribution in [3.05, 3.63) is 107 Å². The monoisotopic (exact) mass is 428 g/mol. The van der Waals surface area contributed by atoms with E-state index in [1.165, 1.54) is 6.92 Å². The molecule has 1 atom stereocenters. The Morgan fingerprint density at radius 3 is 2.03 bits per heavy atom. The number of hydrogen-bond donors (Lipinski definition) is 0. The summed E-state index contributed by atoms with van der Waals surface area (Å²) in [6.45, 7) is 5.48. The second-order valence-electron chi connectivity index (χ2n) is 7.46. The van der Waals surface area contributed by atoms with Gasteiger partial charge in [0.1, 0.15) is 6.10 Å². The van der Waals surface area contributed by atoms with Gasteiger partial charge >= 0.3 is 6.03 Å². The van der Waals surface area contributed by atoms with E-state index in [9.17, 15) is 9.59 Å². The quantitative estimate of drug-likeness (QED) is 0.360. The van der Waals surface area contributed by atoms with Crippen LogP contribution in [-0.4, -0.2) is 22.7 Å². The zero-order valence-electron chi connectivity index (χ0n) is 18.7. The Labute approximate surface area is 189 Å². The fourth-order valence-corrected chi connectivity index (χ4v) is 3.39. The van der Waals surface area contributed by atoms with Crippen LogP contribution in [0.15, 0.2) is 89.9 Å². The Morgan fingerprint density at radius 1 is 0.875 bits per heavy atom. The van der Waals surface area contributed by atoms with Gasteiger partial charge in [-0.3, -0.25) is 9.69 Å². The molecule has 0 unspecified atom stereocenters. The lowest BCUT2D eigenvalue weighted by atomic mass is 10.1. The Morgan fingerprint density at radius 2 is 1.44 bits per heavy atom. The lowest BCUT2D eigenvalue weighted by Crippen LogP contribution is -2.33. The van der Waals surface area contributed by atoms with Crippen molar-refractivity contribution in [2.75, 3.05) is 0 Å². The molecule has 0 spiro atoms. The molecule has 0 saturated carbocycles. The number of urea groups is 1. The lowest BCUT2D eigenvalue weighted by Gasteiger charge is -2.20. The summed E-state index contributed by atoms with van der Waals surface area (Å²) < 4.78 is 6.11. The molecule has 0 heterocycles. The van der Waals surface area contributed by atoms with Gasteiger partial charge < -0.3 is 4.74 Å². The minimum Gasteiger partial charge on any atom is -0.469 e. The number of nitrogens with zero attached hydrogens (tertiary/aromatic N) is 2. The van der Waals surface area contributed by atoms with Gasteiger partial charge in [0.2, 0.25) is 11.8 Å². The van der Waals surface area contributed by atoms with Crippen LogP contribution in [0.1, 0.15) is 49.1 Å².